The number of carbonyl (C=O) groups excluding carboxylic acids is 1. The van der Waals surface area contributed by atoms with Crippen LogP contribution in [0.15, 0.2) is 0 Å². The quantitative estimate of drug-likeness (QED) is 0.606. The molecule has 0 spiro atoms. The van der Waals surface area contributed by atoms with Gasteiger partial charge in [-0.25, -0.2) is 0 Å². The van der Waals surface area contributed by atoms with E-state index in [0.29, 0.717) is 5.75 Å². The Bertz CT molecular complexity index is 227. The van der Waals surface area contributed by atoms with Crippen molar-refractivity contribution in [3.05, 3.63) is 0 Å². The Morgan fingerprint density at radius 1 is 1.82 bits per heavy atom. The normalized spacial score (nSPS) is 26.3. The fraction of sp³-hybridized carbons (Fsp3) is 0.750. The van der Waals surface area contributed by atoms with Gasteiger partial charge in [0, 0.05) is 0 Å². The van der Waals surface area contributed by atoms with Crippen molar-refractivity contribution in [1.29, 1.82) is 0 Å². The van der Waals surface area contributed by atoms with Crippen LogP contribution in [0.4, 0.5) is 0 Å². The highest BCUT2D eigenvalue weighted by molar-refractivity contribution is 8.09. The Morgan fingerprint density at radius 3 is 2.55 bits per heavy atom. The van der Waals surface area contributed by atoms with Gasteiger partial charge in [0.05, 0.1) is 11.1 Å². The Hall–Kier alpha value is 0.390. The summed E-state index contributed by atoms with van der Waals surface area (Å²) in [7, 11) is 0. The lowest BCUT2D eigenvalue weighted by atomic mass is 10.6. The van der Waals surface area contributed by atoms with Gasteiger partial charge >= 0.3 is 0 Å². The first-order valence-electron chi connectivity index (χ1n) is 2.92. The van der Waals surface area contributed by atoms with Gasteiger partial charge in [-0.3, -0.25) is 9.46 Å². The van der Waals surface area contributed by atoms with E-state index in [1.807, 2.05) is 0 Å². The lowest BCUT2D eigenvalue weighted by Crippen LogP contribution is -2.27. The Kier molecular flexibility index (Phi) is 2.61. The maximum absolute atomic E-state index is 11.0. The van der Waals surface area contributed by atoms with Crippen molar-refractivity contribution < 1.29 is 14.6 Å². The number of carbonyl (C=O) groups is 1. The molecule has 0 aromatic heterocycles. The van der Waals surface area contributed by atoms with Gasteiger partial charge in [-0.2, -0.15) is 0 Å². The lowest BCUT2D eigenvalue weighted by Gasteiger charge is -2.24. The fourth-order valence-corrected chi connectivity index (χ4v) is 4.02. The van der Waals surface area contributed by atoms with E-state index in [4.69, 9.17) is 9.79 Å². The van der Waals surface area contributed by atoms with E-state index in [9.17, 15) is 4.79 Å². The zero-order valence-corrected chi connectivity index (χ0v) is 8.33. The van der Waals surface area contributed by atoms with Gasteiger partial charge in [0.1, 0.15) is 0 Å². The molecule has 1 aliphatic heterocycles. The van der Waals surface area contributed by atoms with Gasteiger partial charge in [-0.15, -0.1) is 11.8 Å². The molecule has 1 amide bonds. The average molecular weight is 213 g/mol. The molecule has 1 heterocycles. The Balaban J connectivity index is 2.86. The van der Waals surface area contributed by atoms with Crippen LogP contribution >= 0.6 is 18.4 Å². The molecule has 1 fully saturated rings. The molecule has 7 heteroatoms. The third kappa shape index (κ3) is 1.95. The number of nitrogens with zero attached hydrogens (tertiary/aromatic N) is 1. The maximum Gasteiger partial charge on any atom is 0.288 e. The zero-order valence-electron chi connectivity index (χ0n) is 5.80. The minimum atomic E-state index is -3.53. The van der Waals surface area contributed by atoms with E-state index in [-0.39, 0.29) is 11.3 Å². The number of rotatable bonds is 1. The number of thioether (sulfide) groups is 1. The van der Waals surface area contributed by atoms with Crippen LogP contribution < -0.4 is 0 Å². The van der Waals surface area contributed by atoms with Gasteiger partial charge in [0.2, 0.25) is 5.91 Å². The second-order valence-electron chi connectivity index (χ2n) is 2.16. The summed E-state index contributed by atoms with van der Waals surface area (Å²) in [5.74, 6) is 0.0107. The largest absolute Gasteiger partial charge is 0.329 e. The smallest absolute Gasteiger partial charge is 0.288 e. The molecule has 1 rings (SSSR count). The summed E-state index contributed by atoms with van der Waals surface area (Å²) < 4.78 is 0.993. The van der Waals surface area contributed by atoms with E-state index >= 15 is 0 Å². The van der Waals surface area contributed by atoms with Crippen molar-refractivity contribution in [3.63, 3.8) is 0 Å². The molecular weight excluding hydrogens is 205 g/mol. The molecule has 64 valence electrons. The topological polar surface area (TPSA) is 60.8 Å². The summed E-state index contributed by atoms with van der Waals surface area (Å²) in [6, 6.07) is 0. The third-order valence-corrected chi connectivity index (χ3v) is 4.25. The molecular formula is C4H8NO3PS2. The minimum absolute atomic E-state index is 0.205. The van der Waals surface area contributed by atoms with Crippen LogP contribution in [0.5, 0.6) is 0 Å². The van der Waals surface area contributed by atoms with E-state index in [1.165, 1.54) is 11.8 Å². The van der Waals surface area contributed by atoms with E-state index < -0.39 is 6.64 Å². The van der Waals surface area contributed by atoms with Crippen LogP contribution in [0.1, 0.15) is 6.92 Å². The number of hydrogen-bond donors (Lipinski definition) is 2. The highest BCUT2D eigenvalue weighted by Crippen LogP contribution is 2.47. The predicted octanol–water partition coefficient (Wildman–Crippen LogP) is 0.117. The summed E-state index contributed by atoms with van der Waals surface area (Å²) in [6.07, 6.45) is 0. The zero-order chi connectivity index (χ0) is 8.65. The number of amides is 1. The maximum atomic E-state index is 11.0. The molecule has 0 aromatic carbocycles. The molecule has 2 N–H and O–H groups in total. The number of hydrogen-bond acceptors (Lipinski definition) is 3. The van der Waals surface area contributed by atoms with Crippen LogP contribution in [-0.4, -0.2) is 31.5 Å². The summed E-state index contributed by atoms with van der Waals surface area (Å²) in [6.45, 7) is -1.80. The van der Waals surface area contributed by atoms with E-state index in [0.717, 1.165) is 4.67 Å². The molecule has 4 nitrogen and oxygen atoms in total. The highest BCUT2D eigenvalue weighted by Gasteiger charge is 2.36. The lowest BCUT2D eigenvalue weighted by molar-refractivity contribution is -0.123. The summed E-state index contributed by atoms with van der Waals surface area (Å²) >= 11 is 5.77. The van der Waals surface area contributed by atoms with Crippen LogP contribution in [0, 0.1) is 0 Å². The molecule has 0 aromatic rings. The first kappa shape index (κ1) is 9.48. The van der Waals surface area contributed by atoms with Crippen molar-refractivity contribution in [3.8, 4) is 0 Å². The second-order valence-corrected chi connectivity index (χ2v) is 6.39. The van der Waals surface area contributed by atoms with E-state index in [2.05, 4.69) is 11.8 Å². The standard InChI is InChI=1S/C4H8NO3PS2/c1-3-5(9(7,8)10)4(6)2-11-3/h3H,2H2,1H3,(H2,7,8,10). The van der Waals surface area contributed by atoms with Crippen molar-refractivity contribution in [1.82, 2.24) is 4.67 Å². The van der Waals surface area contributed by atoms with Crippen LogP contribution in [-0.2, 0) is 16.6 Å². The van der Waals surface area contributed by atoms with E-state index in [1.54, 1.807) is 6.92 Å². The van der Waals surface area contributed by atoms with Gasteiger partial charge in [-0.05, 0) is 18.7 Å². The van der Waals surface area contributed by atoms with Gasteiger partial charge in [-0.1, -0.05) is 0 Å². The Labute approximate surface area is 73.8 Å². The molecule has 1 saturated heterocycles. The first-order chi connectivity index (χ1) is 4.93. The summed E-state index contributed by atoms with van der Waals surface area (Å²) in [4.78, 5) is 29.0. The van der Waals surface area contributed by atoms with Gasteiger partial charge in [0.15, 0.2) is 0 Å². The molecule has 0 radical (unpaired) electrons. The first-order valence-corrected chi connectivity index (χ1v) is 6.63. The fourth-order valence-electron chi connectivity index (χ4n) is 0.889. The highest BCUT2D eigenvalue weighted by atomic mass is 32.5. The summed E-state index contributed by atoms with van der Waals surface area (Å²) in [5.41, 5.74) is 0. The van der Waals surface area contributed by atoms with Gasteiger partial charge in [0.25, 0.3) is 6.64 Å². The van der Waals surface area contributed by atoms with Crippen LogP contribution in [0.3, 0.4) is 0 Å². The molecule has 1 aliphatic rings. The monoisotopic (exact) mass is 213 g/mol. The van der Waals surface area contributed by atoms with Crippen molar-refractivity contribution in [2.45, 2.75) is 12.3 Å². The average Bonchev–Trinajstić information content (AvgIpc) is 2.08. The molecule has 11 heavy (non-hydrogen) atoms. The SMILES string of the molecule is CC1SCC(=O)N1P(O)(O)=S. The molecule has 1 unspecified atom stereocenters. The molecule has 1 atom stereocenters. The third-order valence-electron chi connectivity index (χ3n) is 1.33. The van der Waals surface area contributed by atoms with Crippen molar-refractivity contribution in [2.24, 2.45) is 0 Å². The van der Waals surface area contributed by atoms with Gasteiger partial charge < -0.3 is 9.79 Å². The van der Waals surface area contributed by atoms with Crippen molar-refractivity contribution >= 4 is 36.1 Å². The minimum Gasteiger partial charge on any atom is -0.329 e. The molecule has 0 aliphatic carbocycles. The van der Waals surface area contributed by atoms with Crippen LogP contribution in [0.2, 0.25) is 0 Å². The molecule has 0 bridgehead atoms. The molecule has 0 saturated carbocycles. The van der Waals surface area contributed by atoms with Crippen LogP contribution in [0.25, 0.3) is 0 Å². The summed E-state index contributed by atoms with van der Waals surface area (Å²) in [5, 5.41) is -0.205. The predicted molar refractivity (Wildman–Crippen MR) is 47.5 cm³/mol. The van der Waals surface area contributed by atoms with Crippen molar-refractivity contribution in [2.75, 3.05) is 5.75 Å². The second kappa shape index (κ2) is 3.03. The Morgan fingerprint density at radius 2 is 2.36 bits per heavy atom.